The average Bonchev–Trinajstić information content (AvgIpc) is 2.26. The SMILES string of the molecule is CCCCS(=O)c1ccc(C(=O)O)cc1. The van der Waals surface area contributed by atoms with Gasteiger partial charge in [-0.25, -0.2) is 4.79 Å². The summed E-state index contributed by atoms with van der Waals surface area (Å²) in [4.78, 5) is 11.3. The van der Waals surface area contributed by atoms with Crippen molar-refractivity contribution in [2.45, 2.75) is 24.7 Å². The molecule has 0 aliphatic carbocycles. The van der Waals surface area contributed by atoms with Gasteiger partial charge >= 0.3 is 5.97 Å². The van der Waals surface area contributed by atoms with E-state index in [2.05, 4.69) is 0 Å². The molecule has 1 aromatic carbocycles. The Bertz CT molecular complexity index is 357. The van der Waals surface area contributed by atoms with Crippen LogP contribution in [0.2, 0.25) is 0 Å². The van der Waals surface area contributed by atoms with Crippen LogP contribution in [-0.4, -0.2) is 21.0 Å². The van der Waals surface area contributed by atoms with Crippen LogP contribution in [0.4, 0.5) is 0 Å². The monoisotopic (exact) mass is 226 g/mol. The van der Waals surface area contributed by atoms with Crippen molar-refractivity contribution in [3.63, 3.8) is 0 Å². The minimum absolute atomic E-state index is 0.228. The van der Waals surface area contributed by atoms with Gasteiger partial charge in [0.15, 0.2) is 0 Å². The largest absolute Gasteiger partial charge is 0.478 e. The Morgan fingerprint density at radius 2 is 1.93 bits per heavy atom. The van der Waals surface area contributed by atoms with Crippen LogP contribution in [0.15, 0.2) is 29.2 Å². The number of unbranched alkanes of at least 4 members (excludes halogenated alkanes) is 1. The average molecular weight is 226 g/mol. The first-order chi connectivity index (χ1) is 7.15. The molecule has 82 valence electrons. The normalized spacial score (nSPS) is 12.3. The molecule has 0 aliphatic heterocycles. The van der Waals surface area contributed by atoms with Crippen molar-refractivity contribution in [3.05, 3.63) is 29.8 Å². The van der Waals surface area contributed by atoms with Gasteiger partial charge in [0, 0.05) is 10.6 Å². The van der Waals surface area contributed by atoms with Crippen LogP contribution in [0, 0.1) is 0 Å². The number of benzene rings is 1. The van der Waals surface area contributed by atoms with Gasteiger partial charge in [0.1, 0.15) is 0 Å². The van der Waals surface area contributed by atoms with E-state index in [4.69, 9.17) is 5.11 Å². The molecule has 3 nitrogen and oxygen atoms in total. The van der Waals surface area contributed by atoms with E-state index in [9.17, 15) is 9.00 Å². The minimum Gasteiger partial charge on any atom is -0.478 e. The first-order valence-electron chi connectivity index (χ1n) is 4.87. The molecule has 1 aromatic rings. The van der Waals surface area contributed by atoms with Gasteiger partial charge < -0.3 is 5.11 Å². The zero-order chi connectivity index (χ0) is 11.3. The topological polar surface area (TPSA) is 54.4 Å². The van der Waals surface area contributed by atoms with Gasteiger partial charge in [-0.2, -0.15) is 0 Å². The second-order valence-corrected chi connectivity index (χ2v) is 4.80. The lowest BCUT2D eigenvalue weighted by Crippen LogP contribution is -2.00. The summed E-state index contributed by atoms with van der Waals surface area (Å²) in [6, 6.07) is 6.22. The van der Waals surface area contributed by atoms with Gasteiger partial charge in [-0.05, 0) is 30.7 Å². The van der Waals surface area contributed by atoms with Crippen molar-refractivity contribution in [1.82, 2.24) is 0 Å². The van der Waals surface area contributed by atoms with E-state index in [1.165, 1.54) is 12.1 Å². The van der Waals surface area contributed by atoms with Gasteiger partial charge in [-0.1, -0.05) is 13.3 Å². The van der Waals surface area contributed by atoms with Gasteiger partial charge in [0.2, 0.25) is 0 Å². The van der Waals surface area contributed by atoms with E-state index >= 15 is 0 Å². The number of aromatic carboxylic acids is 1. The molecule has 1 rings (SSSR count). The maximum atomic E-state index is 11.6. The highest BCUT2D eigenvalue weighted by molar-refractivity contribution is 7.85. The summed E-state index contributed by atoms with van der Waals surface area (Å²) >= 11 is 0. The Balaban J connectivity index is 2.71. The van der Waals surface area contributed by atoms with Crippen LogP contribution in [-0.2, 0) is 10.8 Å². The highest BCUT2D eigenvalue weighted by Gasteiger charge is 2.05. The standard InChI is InChI=1S/C11H14O3S/c1-2-3-8-15(14)10-6-4-9(5-7-10)11(12)13/h4-7H,2-3,8H2,1H3,(H,12,13). The van der Waals surface area contributed by atoms with E-state index in [-0.39, 0.29) is 5.56 Å². The van der Waals surface area contributed by atoms with Gasteiger partial charge in [-0.3, -0.25) is 4.21 Å². The second-order valence-electron chi connectivity index (χ2n) is 3.23. The maximum Gasteiger partial charge on any atom is 0.335 e. The van der Waals surface area contributed by atoms with Crippen LogP contribution in [0.3, 0.4) is 0 Å². The fraction of sp³-hybridized carbons (Fsp3) is 0.364. The number of rotatable bonds is 5. The molecule has 0 saturated heterocycles. The van der Waals surface area contributed by atoms with E-state index in [0.29, 0.717) is 10.6 Å². The number of carbonyl (C=O) groups is 1. The molecular weight excluding hydrogens is 212 g/mol. The molecule has 0 aliphatic rings. The summed E-state index contributed by atoms with van der Waals surface area (Å²) in [6.07, 6.45) is 1.94. The molecule has 0 aromatic heterocycles. The summed E-state index contributed by atoms with van der Waals surface area (Å²) in [5.41, 5.74) is 0.228. The zero-order valence-corrected chi connectivity index (χ0v) is 9.42. The predicted molar refractivity (Wildman–Crippen MR) is 59.6 cm³/mol. The van der Waals surface area contributed by atoms with Crippen molar-refractivity contribution < 1.29 is 14.1 Å². The number of carboxylic acid groups (broad SMARTS) is 1. The Labute approximate surface area is 91.6 Å². The fourth-order valence-corrected chi connectivity index (χ4v) is 2.37. The molecule has 4 heteroatoms. The highest BCUT2D eigenvalue weighted by Crippen LogP contribution is 2.10. The van der Waals surface area contributed by atoms with E-state index in [1.807, 2.05) is 6.92 Å². The van der Waals surface area contributed by atoms with Crippen molar-refractivity contribution >= 4 is 16.8 Å². The third-order valence-electron chi connectivity index (χ3n) is 2.05. The lowest BCUT2D eigenvalue weighted by atomic mass is 10.2. The summed E-state index contributed by atoms with van der Waals surface area (Å²) in [7, 11) is -0.998. The molecule has 0 amide bonds. The second kappa shape index (κ2) is 5.66. The Hall–Kier alpha value is -1.16. The van der Waals surface area contributed by atoms with Gasteiger partial charge in [0.05, 0.1) is 16.4 Å². The molecule has 0 fully saturated rings. The summed E-state index contributed by atoms with van der Waals surface area (Å²) < 4.78 is 11.6. The first kappa shape index (κ1) is 11.9. The molecule has 1 unspecified atom stereocenters. The molecule has 15 heavy (non-hydrogen) atoms. The maximum absolute atomic E-state index is 11.6. The van der Waals surface area contributed by atoms with Crippen molar-refractivity contribution in [2.75, 3.05) is 5.75 Å². The van der Waals surface area contributed by atoms with Crippen LogP contribution >= 0.6 is 0 Å². The van der Waals surface area contributed by atoms with Crippen LogP contribution < -0.4 is 0 Å². The minimum atomic E-state index is -0.998. The van der Waals surface area contributed by atoms with Gasteiger partial charge in [-0.15, -0.1) is 0 Å². The molecule has 1 atom stereocenters. The number of hydrogen-bond acceptors (Lipinski definition) is 2. The third kappa shape index (κ3) is 3.47. The quantitative estimate of drug-likeness (QED) is 0.838. The van der Waals surface area contributed by atoms with Crippen LogP contribution in [0.5, 0.6) is 0 Å². The third-order valence-corrected chi connectivity index (χ3v) is 3.50. The Morgan fingerprint density at radius 1 is 1.33 bits per heavy atom. The van der Waals surface area contributed by atoms with Crippen molar-refractivity contribution in [1.29, 1.82) is 0 Å². The molecule has 0 heterocycles. The summed E-state index contributed by atoms with van der Waals surface area (Å²) in [6.45, 7) is 2.05. The van der Waals surface area contributed by atoms with E-state index in [0.717, 1.165) is 12.8 Å². The van der Waals surface area contributed by atoms with E-state index < -0.39 is 16.8 Å². The molecule has 0 bridgehead atoms. The molecule has 0 radical (unpaired) electrons. The number of carboxylic acids is 1. The molecule has 0 saturated carbocycles. The highest BCUT2D eigenvalue weighted by atomic mass is 32.2. The van der Waals surface area contributed by atoms with Crippen molar-refractivity contribution in [3.8, 4) is 0 Å². The first-order valence-corrected chi connectivity index (χ1v) is 6.18. The Kier molecular flexibility index (Phi) is 4.49. The summed E-state index contributed by atoms with van der Waals surface area (Å²) in [5.74, 6) is -0.316. The van der Waals surface area contributed by atoms with Gasteiger partial charge in [0.25, 0.3) is 0 Å². The lowest BCUT2D eigenvalue weighted by Gasteiger charge is -2.01. The zero-order valence-electron chi connectivity index (χ0n) is 8.60. The van der Waals surface area contributed by atoms with Crippen LogP contribution in [0.1, 0.15) is 30.1 Å². The smallest absolute Gasteiger partial charge is 0.335 e. The molecular formula is C11H14O3S. The summed E-state index contributed by atoms with van der Waals surface area (Å²) in [5, 5.41) is 8.68. The van der Waals surface area contributed by atoms with Crippen LogP contribution in [0.25, 0.3) is 0 Å². The molecule has 0 spiro atoms. The molecule has 1 N–H and O–H groups in total. The van der Waals surface area contributed by atoms with Crippen molar-refractivity contribution in [2.24, 2.45) is 0 Å². The predicted octanol–water partition coefficient (Wildman–Crippen LogP) is 2.29. The lowest BCUT2D eigenvalue weighted by molar-refractivity contribution is 0.0697. The van der Waals surface area contributed by atoms with E-state index in [1.54, 1.807) is 12.1 Å². The fourth-order valence-electron chi connectivity index (χ4n) is 1.14. The number of hydrogen-bond donors (Lipinski definition) is 1. The Morgan fingerprint density at radius 3 is 2.40 bits per heavy atom.